The predicted octanol–water partition coefficient (Wildman–Crippen LogP) is 4.47. The smallest absolute Gasteiger partial charge is 0.122 e. The molecule has 130 valence electrons. The average Bonchev–Trinajstić information content (AvgIpc) is 3.47. The summed E-state index contributed by atoms with van der Waals surface area (Å²) in [7, 11) is 3.68. The molecule has 2 aromatic carbocycles. The second-order valence-corrected chi connectivity index (χ2v) is 6.03. The Morgan fingerprint density at radius 2 is 1.71 bits per heavy atom. The maximum absolute atomic E-state index is 5.71. The molecule has 0 atom stereocenters. The minimum Gasteiger partial charge on any atom is -0.497 e. The molecule has 1 saturated carbocycles. The summed E-state index contributed by atoms with van der Waals surface area (Å²) in [6.45, 7) is 0.750. The number of nitrogens with one attached hydrogen (secondary N) is 1. The Bertz CT molecular complexity index is 567. The van der Waals surface area contributed by atoms with Gasteiger partial charge in [0.05, 0.1) is 13.7 Å². The van der Waals surface area contributed by atoms with E-state index in [1.165, 1.54) is 18.4 Å². The first-order valence-corrected chi connectivity index (χ1v) is 8.80. The van der Waals surface area contributed by atoms with Gasteiger partial charge in [-0.25, -0.2) is 0 Å². The Morgan fingerprint density at radius 1 is 0.958 bits per heavy atom. The number of aryl methyl sites for hydroxylation is 1. The third-order valence-electron chi connectivity index (χ3n) is 4.00. The first kappa shape index (κ1) is 18.3. The van der Waals surface area contributed by atoms with Gasteiger partial charge in [0.25, 0.3) is 0 Å². The highest BCUT2D eigenvalue weighted by Crippen LogP contribution is 2.19. The molecule has 24 heavy (non-hydrogen) atoms. The lowest BCUT2D eigenvalue weighted by atomic mass is 10.1. The van der Waals surface area contributed by atoms with Crippen LogP contribution >= 0.6 is 0 Å². The zero-order valence-corrected chi connectivity index (χ0v) is 14.8. The molecule has 0 bridgehead atoms. The predicted molar refractivity (Wildman–Crippen MR) is 100.0 cm³/mol. The van der Waals surface area contributed by atoms with Crippen LogP contribution in [0.5, 0.6) is 11.5 Å². The highest BCUT2D eigenvalue weighted by atomic mass is 16.5. The summed E-state index contributed by atoms with van der Waals surface area (Å²) in [5.74, 6) is 1.71. The van der Waals surface area contributed by atoms with Gasteiger partial charge in [0.2, 0.25) is 0 Å². The number of benzene rings is 2. The van der Waals surface area contributed by atoms with Gasteiger partial charge in [-0.15, -0.1) is 0 Å². The van der Waals surface area contributed by atoms with E-state index in [-0.39, 0.29) is 0 Å². The molecule has 0 aliphatic heterocycles. The van der Waals surface area contributed by atoms with E-state index < -0.39 is 0 Å². The Morgan fingerprint density at radius 3 is 2.33 bits per heavy atom. The first-order valence-electron chi connectivity index (χ1n) is 8.80. The average molecular weight is 327 g/mol. The summed E-state index contributed by atoms with van der Waals surface area (Å²) in [6.07, 6.45) is 6.12. The van der Waals surface area contributed by atoms with Crippen LogP contribution in [0.25, 0.3) is 0 Å². The molecule has 0 aromatic heterocycles. The summed E-state index contributed by atoms with van der Waals surface area (Å²) in [4.78, 5) is 0. The minimum atomic E-state index is 0.750. The van der Waals surface area contributed by atoms with Crippen LogP contribution in [0.3, 0.4) is 0 Å². The van der Waals surface area contributed by atoms with E-state index in [1.807, 2.05) is 31.3 Å². The fourth-order valence-corrected chi connectivity index (χ4v) is 2.33. The molecule has 3 nitrogen and oxygen atoms in total. The van der Waals surface area contributed by atoms with Crippen molar-refractivity contribution in [3.8, 4) is 11.5 Å². The number of hydrogen-bond donors (Lipinski definition) is 1. The largest absolute Gasteiger partial charge is 0.497 e. The Balaban J connectivity index is 0.000000355. The van der Waals surface area contributed by atoms with Crippen molar-refractivity contribution >= 4 is 0 Å². The second kappa shape index (κ2) is 10.7. The van der Waals surface area contributed by atoms with Gasteiger partial charge in [-0.3, -0.25) is 0 Å². The van der Waals surface area contributed by atoms with Crippen molar-refractivity contribution in [3.63, 3.8) is 0 Å². The quantitative estimate of drug-likeness (QED) is 0.726. The molecule has 1 aliphatic rings. The fraction of sp³-hybridized carbons (Fsp3) is 0.429. The van der Waals surface area contributed by atoms with Gasteiger partial charge in [0, 0.05) is 12.1 Å². The lowest BCUT2D eigenvalue weighted by molar-refractivity contribution is 0.304. The van der Waals surface area contributed by atoms with Crippen LogP contribution in [0.2, 0.25) is 0 Å². The zero-order valence-electron chi connectivity index (χ0n) is 14.8. The summed E-state index contributed by atoms with van der Waals surface area (Å²) >= 11 is 0. The fourth-order valence-electron chi connectivity index (χ4n) is 2.33. The molecular weight excluding hydrogens is 298 g/mol. The van der Waals surface area contributed by atoms with Crippen molar-refractivity contribution < 1.29 is 9.47 Å². The van der Waals surface area contributed by atoms with Gasteiger partial charge in [-0.1, -0.05) is 36.4 Å². The number of hydrogen-bond acceptors (Lipinski definition) is 3. The number of unbranched alkanes of at least 4 members (excludes halogenated alkanes) is 1. The first-order chi connectivity index (χ1) is 11.8. The molecular formula is C21H29NO2. The summed E-state index contributed by atoms with van der Waals surface area (Å²) < 4.78 is 10.9. The van der Waals surface area contributed by atoms with Crippen LogP contribution in [0.1, 0.15) is 31.2 Å². The van der Waals surface area contributed by atoms with Crippen molar-refractivity contribution in [1.29, 1.82) is 0 Å². The van der Waals surface area contributed by atoms with Crippen molar-refractivity contribution in [1.82, 2.24) is 5.32 Å². The van der Waals surface area contributed by atoms with Crippen molar-refractivity contribution in [2.75, 3.05) is 20.8 Å². The van der Waals surface area contributed by atoms with Crippen LogP contribution in [0.4, 0.5) is 0 Å². The summed E-state index contributed by atoms with van der Waals surface area (Å²) in [5, 5.41) is 3.14. The molecule has 0 unspecified atom stereocenters. The third-order valence-corrected chi connectivity index (χ3v) is 4.00. The van der Waals surface area contributed by atoms with E-state index >= 15 is 0 Å². The van der Waals surface area contributed by atoms with E-state index in [0.29, 0.717) is 0 Å². The van der Waals surface area contributed by atoms with Crippen molar-refractivity contribution in [2.24, 2.45) is 0 Å². The molecule has 0 spiro atoms. The van der Waals surface area contributed by atoms with Crippen LogP contribution < -0.4 is 14.8 Å². The number of ether oxygens (including phenoxy) is 2. The molecule has 3 rings (SSSR count). The molecule has 0 saturated heterocycles. The maximum Gasteiger partial charge on any atom is 0.122 e. The Kier molecular flexibility index (Phi) is 8.19. The zero-order chi connectivity index (χ0) is 17.0. The molecule has 3 heteroatoms. The summed E-state index contributed by atoms with van der Waals surface area (Å²) in [5.41, 5.74) is 1.39. The standard InChI is InChI=1S/C17H20O2.C4H9N/c1-18-16-11-7-12-17(14-16)19-13-6-5-10-15-8-3-2-4-9-15;1-5-4-2-3-4/h2-4,7-9,11-12,14H,5-6,10,13H2,1H3;4-5H,2-3H2,1H3. The van der Waals surface area contributed by atoms with Crippen molar-refractivity contribution in [3.05, 3.63) is 60.2 Å². The lowest BCUT2D eigenvalue weighted by Gasteiger charge is -2.07. The van der Waals surface area contributed by atoms with E-state index in [0.717, 1.165) is 43.4 Å². The summed E-state index contributed by atoms with van der Waals surface area (Å²) in [6, 6.07) is 19.2. The second-order valence-electron chi connectivity index (χ2n) is 6.03. The van der Waals surface area contributed by atoms with Crippen LogP contribution in [-0.4, -0.2) is 26.8 Å². The SMILES string of the molecule is CNC1CC1.COc1cccc(OCCCCc2ccccc2)c1. The normalized spacial score (nSPS) is 12.9. The number of methoxy groups -OCH3 is 1. The molecule has 1 fully saturated rings. The molecule has 0 heterocycles. The van der Waals surface area contributed by atoms with Gasteiger partial charge in [-0.05, 0) is 56.8 Å². The van der Waals surface area contributed by atoms with E-state index in [2.05, 4.69) is 35.6 Å². The van der Waals surface area contributed by atoms with Gasteiger partial charge in [-0.2, -0.15) is 0 Å². The highest BCUT2D eigenvalue weighted by Gasteiger charge is 2.17. The van der Waals surface area contributed by atoms with Crippen LogP contribution in [0, 0.1) is 0 Å². The Labute approximate surface area is 146 Å². The monoisotopic (exact) mass is 327 g/mol. The maximum atomic E-state index is 5.71. The Hall–Kier alpha value is -2.00. The topological polar surface area (TPSA) is 30.5 Å². The lowest BCUT2D eigenvalue weighted by Crippen LogP contribution is -2.06. The van der Waals surface area contributed by atoms with E-state index in [1.54, 1.807) is 7.11 Å². The van der Waals surface area contributed by atoms with Crippen LogP contribution in [-0.2, 0) is 6.42 Å². The van der Waals surface area contributed by atoms with Crippen molar-refractivity contribution in [2.45, 2.75) is 38.1 Å². The van der Waals surface area contributed by atoms with E-state index in [4.69, 9.17) is 9.47 Å². The van der Waals surface area contributed by atoms with Gasteiger partial charge in [0.15, 0.2) is 0 Å². The van der Waals surface area contributed by atoms with Gasteiger partial charge in [0.1, 0.15) is 11.5 Å². The molecule has 0 amide bonds. The third kappa shape index (κ3) is 7.51. The number of rotatable bonds is 8. The molecule has 2 aromatic rings. The van der Waals surface area contributed by atoms with E-state index in [9.17, 15) is 0 Å². The highest BCUT2D eigenvalue weighted by molar-refractivity contribution is 5.32. The minimum absolute atomic E-state index is 0.750. The van der Waals surface area contributed by atoms with Gasteiger partial charge >= 0.3 is 0 Å². The molecule has 1 aliphatic carbocycles. The molecule has 1 N–H and O–H groups in total. The van der Waals surface area contributed by atoms with Gasteiger partial charge < -0.3 is 14.8 Å². The molecule has 0 radical (unpaired) electrons. The van der Waals surface area contributed by atoms with Crippen LogP contribution in [0.15, 0.2) is 54.6 Å².